The third-order valence-corrected chi connectivity index (χ3v) is 5.51. The summed E-state index contributed by atoms with van der Waals surface area (Å²) < 4.78 is 0. The Hall–Kier alpha value is -0.820. The molecule has 0 atom stereocenters. The van der Waals surface area contributed by atoms with Crippen LogP contribution in [0.1, 0.15) is 92.7 Å². The van der Waals surface area contributed by atoms with Crippen LogP contribution in [0.25, 0.3) is 0 Å². The van der Waals surface area contributed by atoms with Crippen LogP contribution in [-0.2, 0) is 6.54 Å². The maximum Gasteiger partial charge on any atom is 0.0180 e. The van der Waals surface area contributed by atoms with Gasteiger partial charge in [-0.15, -0.1) is 0 Å². The predicted molar refractivity (Wildman–Crippen MR) is 86.0 cm³/mol. The summed E-state index contributed by atoms with van der Waals surface area (Å²) in [6.07, 6.45) is 14.1. The van der Waals surface area contributed by atoms with Gasteiger partial charge in [0.2, 0.25) is 0 Å². The van der Waals surface area contributed by atoms with Gasteiger partial charge in [-0.3, -0.25) is 0 Å². The van der Waals surface area contributed by atoms with Crippen LogP contribution in [0.4, 0.5) is 0 Å². The van der Waals surface area contributed by atoms with Crippen molar-refractivity contribution in [3.63, 3.8) is 0 Å². The quantitative estimate of drug-likeness (QED) is 0.799. The van der Waals surface area contributed by atoms with E-state index < -0.39 is 0 Å². The van der Waals surface area contributed by atoms with Crippen LogP contribution in [0, 0.1) is 0 Å². The van der Waals surface area contributed by atoms with Crippen molar-refractivity contribution in [2.75, 3.05) is 0 Å². The van der Waals surface area contributed by atoms with Crippen molar-refractivity contribution >= 4 is 0 Å². The van der Waals surface area contributed by atoms with Crippen molar-refractivity contribution in [1.82, 2.24) is 0 Å². The van der Waals surface area contributed by atoms with E-state index in [-0.39, 0.29) is 0 Å². The molecule has 2 aliphatic rings. The Morgan fingerprint density at radius 2 is 1.40 bits per heavy atom. The summed E-state index contributed by atoms with van der Waals surface area (Å²) >= 11 is 0. The first-order chi connectivity index (χ1) is 9.88. The van der Waals surface area contributed by atoms with Gasteiger partial charge in [-0.1, -0.05) is 56.7 Å². The fourth-order valence-electron chi connectivity index (χ4n) is 4.28. The van der Waals surface area contributed by atoms with E-state index >= 15 is 0 Å². The highest BCUT2D eigenvalue weighted by molar-refractivity contribution is 5.36. The fourth-order valence-corrected chi connectivity index (χ4v) is 4.28. The third-order valence-electron chi connectivity index (χ3n) is 5.51. The molecule has 3 rings (SSSR count). The smallest absolute Gasteiger partial charge is 0.0180 e. The summed E-state index contributed by atoms with van der Waals surface area (Å²) in [7, 11) is 0. The van der Waals surface area contributed by atoms with E-state index in [0.29, 0.717) is 6.54 Å². The SMILES string of the molecule is NCc1ccc(C2CCCCC2)cc1C1CCCCC1. The van der Waals surface area contributed by atoms with Gasteiger partial charge in [-0.2, -0.15) is 0 Å². The minimum atomic E-state index is 0.705. The summed E-state index contributed by atoms with van der Waals surface area (Å²) in [5.74, 6) is 1.60. The standard InChI is InChI=1S/C19H29N/c20-14-18-12-11-17(15-7-3-1-4-8-15)13-19(18)16-9-5-2-6-10-16/h11-13,15-16H,1-10,14,20H2. The van der Waals surface area contributed by atoms with Gasteiger partial charge < -0.3 is 5.73 Å². The van der Waals surface area contributed by atoms with Crippen molar-refractivity contribution in [2.24, 2.45) is 5.73 Å². The molecule has 0 spiro atoms. The van der Waals surface area contributed by atoms with Crippen LogP contribution < -0.4 is 5.73 Å². The van der Waals surface area contributed by atoms with Crippen molar-refractivity contribution in [3.8, 4) is 0 Å². The first-order valence-corrected chi connectivity index (χ1v) is 8.71. The zero-order valence-electron chi connectivity index (χ0n) is 12.7. The van der Waals surface area contributed by atoms with Gasteiger partial charge in [0.1, 0.15) is 0 Å². The van der Waals surface area contributed by atoms with E-state index in [4.69, 9.17) is 5.73 Å². The van der Waals surface area contributed by atoms with Crippen molar-refractivity contribution in [1.29, 1.82) is 0 Å². The van der Waals surface area contributed by atoms with E-state index in [2.05, 4.69) is 18.2 Å². The normalized spacial score (nSPS) is 22.1. The van der Waals surface area contributed by atoms with Crippen LogP contribution >= 0.6 is 0 Å². The molecule has 1 heteroatoms. The lowest BCUT2D eigenvalue weighted by Gasteiger charge is -2.27. The Balaban J connectivity index is 1.85. The molecular weight excluding hydrogens is 242 g/mol. The maximum atomic E-state index is 5.99. The van der Waals surface area contributed by atoms with Crippen molar-refractivity contribution in [3.05, 3.63) is 34.9 Å². The molecule has 0 radical (unpaired) electrons. The maximum absolute atomic E-state index is 5.99. The second-order valence-corrected chi connectivity index (χ2v) is 6.83. The molecule has 0 heterocycles. The fraction of sp³-hybridized carbons (Fsp3) is 0.684. The minimum absolute atomic E-state index is 0.705. The summed E-state index contributed by atoms with van der Waals surface area (Å²) in [4.78, 5) is 0. The van der Waals surface area contributed by atoms with Crippen LogP contribution in [0.2, 0.25) is 0 Å². The van der Waals surface area contributed by atoms with Gasteiger partial charge in [0.15, 0.2) is 0 Å². The molecule has 2 aliphatic carbocycles. The number of rotatable bonds is 3. The largest absolute Gasteiger partial charge is 0.326 e. The van der Waals surface area contributed by atoms with Gasteiger partial charge in [-0.25, -0.2) is 0 Å². The number of nitrogens with two attached hydrogens (primary N) is 1. The lowest BCUT2D eigenvalue weighted by Crippen LogP contribution is -2.12. The molecule has 2 saturated carbocycles. The molecule has 0 saturated heterocycles. The van der Waals surface area contributed by atoms with Crippen LogP contribution in [-0.4, -0.2) is 0 Å². The molecule has 0 unspecified atom stereocenters. The highest BCUT2D eigenvalue weighted by atomic mass is 14.5. The molecule has 110 valence electrons. The summed E-state index contributed by atoms with van der Waals surface area (Å²) in [6.45, 7) is 0.705. The van der Waals surface area contributed by atoms with Gasteiger partial charge >= 0.3 is 0 Å². The molecular formula is C19H29N. The van der Waals surface area contributed by atoms with E-state index in [1.807, 2.05) is 0 Å². The van der Waals surface area contributed by atoms with Crippen LogP contribution in [0.5, 0.6) is 0 Å². The van der Waals surface area contributed by atoms with E-state index in [1.165, 1.54) is 69.8 Å². The van der Waals surface area contributed by atoms with Gasteiger partial charge in [0.05, 0.1) is 0 Å². The molecule has 2 fully saturated rings. The van der Waals surface area contributed by atoms with Gasteiger partial charge in [0, 0.05) is 6.54 Å². The molecule has 0 amide bonds. The summed E-state index contributed by atoms with van der Waals surface area (Å²) in [5.41, 5.74) is 10.6. The Kier molecular flexibility index (Phi) is 4.77. The molecule has 0 aliphatic heterocycles. The first-order valence-electron chi connectivity index (χ1n) is 8.71. The number of hydrogen-bond acceptors (Lipinski definition) is 1. The van der Waals surface area contributed by atoms with Crippen molar-refractivity contribution in [2.45, 2.75) is 82.6 Å². The topological polar surface area (TPSA) is 26.0 Å². The lowest BCUT2D eigenvalue weighted by molar-refractivity contribution is 0.434. The molecule has 1 aromatic rings. The average Bonchev–Trinajstić information content (AvgIpc) is 2.56. The number of hydrogen-bond donors (Lipinski definition) is 1. The van der Waals surface area contributed by atoms with Crippen LogP contribution in [0.15, 0.2) is 18.2 Å². The summed E-state index contributed by atoms with van der Waals surface area (Å²) in [6, 6.07) is 7.23. The lowest BCUT2D eigenvalue weighted by atomic mass is 9.78. The monoisotopic (exact) mass is 271 g/mol. The third kappa shape index (κ3) is 3.09. The van der Waals surface area contributed by atoms with Crippen LogP contribution in [0.3, 0.4) is 0 Å². The second kappa shape index (κ2) is 6.76. The van der Waals surface area contributed by atoms with E-state index in [0.717, 1.165) is 11.8 Å². The molecule has 1 nitrogen and oxygen atoms in total. The first kappa shape index (κ1) is 14.1. The number of benzene rings is 1. The predicted octanol–water partition coefficient (Wildman–Crippen LogP) is 5.24. The Morgan fingerprint density at radius 1 is 0.800 bits per heavy atom. The van der Waals surface area contributed by atoms with Gasteiger partial charge in [0.25, 0.3) is 0 Å². The highest BCUT2D eigenvalue weighted by Gasteiger charge is 2.21. The van der Waals surface area contributed by atoms with Gasteiger partial charge in [-0.05, 0) is 54.2 Å². The minimum Gasteiger partial charge on any atom is -0.326 e. The zero-order valence-corrected chi connectivity index (χ0v) is 12.7. The molecule has 1 aromatic carbocycles. The molecule has 0 aromatic heterocycles. The average molecular weight is 271 g/mol. The Labute approximate surface area is 124 Å². The zero-order chi connectivity index (χ0) is 13.8. The van der Waals surface area contributed by atoms with E-state index in [1.54, 1.807) is 11.1 Å². The Morgan fingerprint density at radius 3 is 2.00 bits per heavy atom. The molecule has 2 N–H and O–H groups in total. The summed E-state index contributed by atoms with van der Waals surface area (Å²) in [5, 5.41) is 0. The Bertz CT molecular complexity index is 425. The van der Waals surface area contributed by atoms with Crippen molar-refractivity contribution < 1.29 is 0 Å². The molecule has 20 heavy (non-hydrogen) atoms. The highest BCUT2D eigenvalue weighted by Crippen LogP contribution is 2.38. The second-order valence-electron chi connectivity index (χ2n) is 6.83. The molecule has 0 bridgehead atoms. The van der Waals surface area contributed by atoms with E-state index in [9.17, 15) is 0 Å².